The molecule has 0 fully saturated rings. The molecule has 15 heavy (non-hydrogen) atoms. The van der Waals surface area contributed by atoms with Gasteiger partial charge in [-0.05, 0) is 13.8 Å². The highest BCUT2D eigenvalue weighted by atomic mass is 16.5. The standard InChI is InChI=1S/C10H17N3O2/c1-6(2)9(14)5-11-7(3)10-12-8(4)13-15-10/h6-7,11H,5H2,1-4H3. The highest BCUT2D eigenvalue weighted by Crippen LogP contribution is 2.08. The number of aromatic nitrogens is 2. The van der Waals surface area contributed by atoms with E-state index in [0.29, 0.717) is 18.3 Å². The summed E-state index contributed by atoms with van der Waals surface area (Å²) in [5.41, 5.74) is 0. The molecule has 1 rings (SSSR count). The molecule has 1 atom stereocenters. The molecule has 0 radical (unpaired) electrons. The summed E-state index contributed by atoms with van der Waals surface area (Å²) in [5, 5.41) is 6.74. The number of hydrogen-bond acceptors (Lipinski definition) is 5. The van der Waals surface area contributed by atoms with Crippen LogP contribution in [0.15, 0.2) is 4.52 Å². The average Bonchev–Trinajstić information content (AvgIpc) is 2.60. The molecule has 1 aromatic heterocycles. The lowest BCUT2D eigenvalue weighted by atomic mass is 10.1. The van der Waals surface area contributed by atoms with E-state index in [1.165, 1.54) is 0 Å². The van der Waals surface area contributed by atoms with Gasteiger partial charge in [-0.2, -0.15) is 4.98 Å². The van der Waals surface area contributed by atoms with Crippen molar-refractivity contribution in [1.29, 1.82) is 0 Å². The maximum atomic E-state index is 11.4. The van der Waals surface area contributed by atoms with Gasteiger partial charge in [-0.1, -0.05) is 19.0 Å². The highest BCUT2D eigenvalue weighted by molar-refractivity contribution is 5.82. The van der Waals surface area contributed by atoms with Crippen LogP contribution in [0.2, 0.25) is 0 Å². The molecule has 1 aromatic rings. The fourth-order valence-electron chi connectivity index (χ4n) is 1.03. The monoisotopic (exact) mass is 211 g/mol. The van der Waals surface area contributed by atoms with E-state index in [1.807, 2.05) is 20.8 Å². The largest absolute Gasteiger partial charge is 0.338 e. The van der Waals surface area contributed by atoms with E-state index in [1.54, 1.807) is 6.92 Å². The Morgan fingerprint density at radius 1 is 1.47 bits per heavy atom. The van der Waals surface area contributed by atoms with Crippen molar-refractivity contribution in [3.63, 3.8) is 0 Å². The number of hydrogen-bond donors (Lipinski definition) is 1. The molecule has 0 saturated heterocycles. The quantitative estimate of drug-likeness (QED) is 0.794. The summed E-state index contributed by atoms with van der Waals surface area (Å²) in [5.74, 6) is 1.35. The molecule has 0 aliphatic carbocycles. The molecule has 0 aromatic carbocycles. The predicted octanol–water partition coefficient (Wildman–Crippen LogP) is 1.25. The molecule has 84 valence electrons. The molecule has 0 aliphatic heterocycles. The Bertz CT molecular complexity index is 333. The Labute approximate surface area is 89.2 Å². The number of aryl methyl sites for hydroxylation is 1. The van der Waals surface area contributed by atoms with E-state index in [9.17, 15) is 4.79 Å². The lowest BCUT2D eigenvalue weighted by Crippen LogP contribution is -2.28. The first-order chi connectivity index (χ1) is 7.00. The Kier molecular flexibility index (Phi) is 3.96. The first-order valence-electron chi connectivity index (χ1n) is 5.07. The van der Waals surface area contributed by atoms with Crippen LogP contribution < -0.4 is 5.32 Å². The summed E-state index contributed by atoms with van der Waals surface area (Å²) in [7, 11) is 0. The van der Waals surface area contributed by atoms with Crippen molar-refractivity contribution >= 4 is 5.78 Å². The summed E-state index contributed by atoms with van der Waals surface area (Å²) in [6.07, 6.45) is 0. The van der Waals surface area contributed by atoms with Gasteiger partial charge in [-0.3, -0.25) is 10.1 Å². The van der Waals surface area contributed by atoms with Crippen molar-refractivity contribution in [2.75, 3.05) is 6.54 Å². The minimum atomic E-state index is -0.0890. The zero-order valence-corrected chi connectivity index (χ0v) is 9.57. The third-order valence-corrected chi connectivity index (χ3v) is 2.14. The molecule has 0 bridgehead atoms. The van der Waals surface area contributed by atoms with Crippen molar-refractivity contribution in [2.45, 2.75) is 33.7 Å². The van der Waals surface area contributed by atoms with Crippen LogP contribution in [0.4, 0.5) is 0 Å². The van der Waals surface area contributed by atoms with Gasteiger partial charge in [-0.15, -0.1) is 0 Å². The summed E-state index contributed by atoms with van der Waals surface area (Å²) < 4.78 is 4.98. The van der Waals surface area contributed by atoms with Gasteiger partial charge in [0.15, 0.2) is 5.82 Å². The van der Waals surface area contributed by atoms with Crippen molar-refractivity contribution in [1.82, 2.24) is 15.5 Å². The smallest absolute Gasteiger partial charge is 0.243 e. The summed E-state index contributed by atoms with van der Waals surface area (Å²) >= 11 is 0. The van der Waals surface area contributed by atoms with Crippen LogP contribution in [0.25, 0.3) is 0 Å². The van der Waals surface area contributed by atoms with Crippen molar-refractivity contribution < 1.29 is 9.32 Å². The Balaban J connectivity index is 2.43. The molecule has 5 nitrogen and oxygen atoms in total. The number of ketones is 1. The molecule has 0 aliphatic rings. The molecule has 1 heterocycles. The second kappa shape index (κ2) is 5.02. The molecule has 0 spiro atoms. The first-order valence-corrected chi connectivity index (χ1v) is 5.07. The molecule has 5 heteroatoms. The number of Topliss-reactive ketones (excluding diaryl/α,β-unsaturated/α-hetero) is 1. The third-order valence-electron chi connectivity index (χ3n) is 2.14. The number of carbonyl (C=O) groups excluding carboxylic acids is 1. The molecular weight excluding hydrogens is 194 g/mol. The lowest BCUT2D eigenvalue weighted by Gasteiger charge is -2.09. The lowest BCUT2D eigenvalue weighted by molar-refractivity contribution is -0.121. The number of nitrogens with one attached hydrogen (secondary N) is 1. The number of nitrogens with zero attached hydrogens (tertiary/aromatic N) is 2. The fourth-order valence-corrected chi connectivity index (χ4v) is 1.03. The molecule has 1 unspecified atom stereocenters. The van der Waals surface area contributed by atoms with E-state index >= 15 is 0 Å². The SMILES string of the molecule is Cc1noc(C(C)NCC(=O)C(C)C)n1. The number of carbonyl (C=O) groups is 1. The van der Waals surface area contributed by atoms with Gasteiger partial charge < -0.3 is 4.52 Å². The predicted molar refractivity (Wildman–Crippen MR) is 55.3 cm³/mol. The van der Waals surface area contributed by atoms with Crippen molar-refractivity contribution in [3.05, 3.63) is 11.7 Å². The highest BCUT2D eigenvalue weighted by Gasteiger charge is 2.14. The minimum Gasteiger partial charge on any atom is -0.338 e. The number of rotatable bonds is 5. The van der Waals surface area contributed by atoms with Crippen LogP contribution in [0.5, 0.6) is 0 Å². The summed E-state index contributed by atoms with van der Waals surface area (Å²) in [6.45, 7) is 7.75. The van der Waals surface area contributed by atoms with Gasteiger partial charge in [0, 0.05) is 5.92 Å². The van der Waals surface area contributed by atoms with Crippen LogP contribution in [0.3, 0.4) is 0 Å². The minimum absolute atomic E-state index is 0.0501. The Hall–Kier alpha value is -1.23. The van der Waals surface area contributed by atoms with E-state index in [-0.39, 0.29) is 17.7 Å². The topological polar surface area (TPSA) is 68.0 Å². The van der Waals surface area contributed by atoms with Crippen LogP contribution in [-0.2, 0) is 4.79 Å². The fraction of sp³-hybridized carbons (Fsp3) is 0.700. The van der Waals surface area contributed by atoms with Crippen LogP contribution >= 0.6 is 0 Å². The maximum Gasteiger partial charge on any atom is 0.243 e. The van der Waals surface area contributed by atoms with Crippen LogP contribution in [0.1, 0.15) is 38.5 Å². The van der Waals surface area contributed by atoms with E-state index in [2.05, 4.69) is 15.5 Å². The molecule has 1 N–H and O–H groups in total. The summed E-state index contributed by atoms with van der Waals surface area (Å²) in [6, 6.07) is -0.0890. The van der Waals surface area contributed by atoms with Gasteiger partial charge in [0.2, 0.25) is 5.89 Å². The second-order valence-corrected chi connectivity index (χ2v) is 3.90. The van der Waals surface area contributed by atoms with Gasteiger partial charge >= 0.3 is 0 Å². The zero-order valence-electron chi connectivity index (χ0n) is 9.57. The van der Waals surface area contributed by atoms with Gasteiger partial charge in [0.25, 0.3) is 0 Å². The Morgan fingerprint density at radius 3 is 2.60 bits per heavy atom. The maximum absolute atomic E-state index is 11.4. The van der Waals surface area contributed by atoms with Crippen molar-refractivity contribution in [3.8, 4) is 0 Å². The van der Waals surface area contributed by atoms with Gasteiger partial charge in [-0.25, -0.2) is 0 Å². The average molecular weight is 211 g/mol. The molecule has 0 saturated carbocycles. The first kappa shape index (κ1) is 11.8. The van der Waals surface area contributed by atoms with Gasteiger partial charge in [0.05, 0.1) is 12.6 Å². The second-order valence-electron chi connectivity index (χ2n) is 3.90. The van der Waals surface area contributed by atoms with E-state index < -0.39 is 0 Å². The molecular formula is C10H17N3O2. The van der Waals surface area contributed by atoms with E-state index in [4.69, 9.17) is 4.52 Å². The summed E-state index contributed by atoms with van der Waals surface area (Å²) in [4.78, 5) is 15.4. The Morgan fingerprint density at radius 2 is 2.13 bits per heavy atom. The normalized spacial score (nSPS) is 13.1. The van der Waals surface area contributed by atoms with Crippen molar-refractivity contribution in [2.24, 2.45) is 5.92 Å². The van der Waals surface area contributed by atoms with E-state index in [0.717, 1.165) is 0 Å². The van der Waals surface area contributed by atoms with Crippen LogP contribution in [-0.4, -0.2) is 22.5 Å². The third kappa shape index (κ3) is 3.43. The molecule has 0 amide bonds. The van der Waals surface area contributed by atoms with Crippen LogP contribution in [0, 0.1) is 12.8 Å². The van der Waals surface area contributed by atoms with Gasteiger partial charge in [0.1, 0.15) is 5.78 Å². The zero-order chi connectivity index (χ0) is 11.4.